The molecule has 5 heteroatoms. The van der Waals surface area contributed by atoms with Crippen molar-refractivity contribution in [3.63, 3.8) is 0 Å². The van der Waals surface area contributed by atoms with Crippen LogP contribution in [0.1, 0.15) is 26.3 Å². The number of hydrogen-bond donors (Lipinski definition) is 2. The molecule has 0 saturated carbocycles. The van der Waals surface area contributed by atoms with Gasteiger partial charge in [-0.05, 0) is 43.1 Å². The lowest BCUT2D eigenvalue weighted by molar-refractivity contribution is -0.122. The summed E-state index contributed by atoms with van der Waals surface area (Å²) in [4.78, 5) is 11.4. The highest BCUT2D eigenvalue weighted by molar-refractivity contribution is 9.10. The normalized spacial score (nSPS) is 10.7. The summed E-state index contributed by atoms with van der Waals surface area (Å²) in [5.74, 6) is 1.22. The van der Waals surface area contributed by atoms with Crippen LogP contribution in [0, 0.1) is 5.92 Å². The minimum absolute atomic E-state index is 0.0499. The first-order valence-electron chi connectivity index (χ1n) is 6.91. The molecule has 0 radical (unpaired) electrons. The van der Waals surface area contributed by atoms with Crippen molar-refractivity contribution in [2.75, 3.05) is 19.7 Å². The number of hydrogen-bond acceptors (Lipinski definition) is 3. The van der Waals surface area contributed by atoms with Crippen LogP contribution in [0.2, 0.25) is 0 Å². The van der Waals surface area contributed by atoms with Crippen LogP contribution in [0.25, 0.3) is 0 Å². The molecule has 4 nitrogen and oxygen atoms in total. The Kier molecular flexibility index (Phi) is 7.62. The Morgan fingerprint density at radius 3 is 2.80 bits per heavy atom. The van der Waals surface area contributed by atoms with E-state index in [0.717, 1.165) is 23.1 Å². The van der Waals surface area contributed by atoms with Crippen LogP contribution in [0.15, 0.2) is 22.7 Å². The summed E-state index contributed by atoms with van der Waals surface area (Å²) < 4.78 is 6.52. The smallest absolute Gasteiger partial charge is 0.257 e. The van der Waals surface area contributed by atoms with Gasteiger partial charge < -0.3 is 15.4 Å². The molecule has 0 spiro atoms. The zero-order valence-corrected chi connectivity index (χ0v) is 13.9. The zero-order valence-electron chi connectivity index (χ0n) is 12.3. The van der Waals surface area contributed by atoms with E-state index < -0.39 is 0 Å². The standard InChI is InChI=1S/C15H23BrN2O2/c1-4-18-15(19)10-20-13-5-6-14(16)12(7-13)9-17-8-11(2)3/h5-7,11,17H,4,8-10H2,1-3H3,(H,18,19). The van der Waals surface area contributed by atoms with E-state index in [1.165, 1.54) is 0 Å². The molecule has 0 aliphatic heterocycles. The van der Waals surface area contributed by atoms with E-state index in [0.29, 0.717) is 18.2 Å². The van der Waals surface area contributed by atoms with Crippen molar-refractivity contribution in [1.82, 2.24) is 10.6 Å². The van der Waals surface area contributed by atoms with E-state index in [4.69, 9.17) is 4.74 Å². The first kappa shape index (κ1) is 17.0. The molecule has 1 aromatic carbocycles. The van der Waals surface area contributed by atoms with Gasteiger partial charge in [0, 0.05) is 17.6 Å². The molecule has 0 fully saturated rings. The molecule has 0 saturated heterocycles. The van der Waals surface area contributed by atoms with Gasteiger partial charge in [-0.1, -0.05) is 29.8 Å². The quantitative estimate of drug-likeness (QED) is 0.763. The van der Waals surface area contributed by atoms with Gasteiger partial charge in [0.25, 0.3) is 5.91 Å². The van der Waals surface area contributed by atoms with Gasteiger partial charge >= 0.3 is 0 Å². The minimum atomic E-state index is -0.102. The van der Waals surface area contributed by atoms with Crippen LogP contribution in [0.3, 0.4) is 0 Å². The van der Waals surface area contributed by atoms with Crippen LogP contribution < -0.4 is 15.4 Å². The number of halogens is 1. The fourth-order valence-corrected chi connectivity index (χ4v) is 2.06. The highest BCUT2D eigenvalue weighted by atomic mass is 79.9. The molecule has 20 heavy (non-hydrogen) atoms. The van der Waals surface area contributed by atoms with E-state index >= 15 is 0 Å². The largest absolute Gasteiger partial charge is 0.484 e. The van der Waals surface area contributed by atoms with Gasteiger partial charge in [0.1, 0.15) is 5.75 Å². The average molecular weight is 343 g/mol. The fraction of sp³-hybridized carbons (Fsp3) is 0.533. The predicted molar refractivity (Wildman–Crippen MR) is 84.9 cm³/mol. The zero-order chi connectivity index (χ0) is 15.0. The van der Waals surface area contributed by atoms with Gasteiger partial charge in [0.15, 0.2) is 6.61 Å². The predicted octanol–water partition coefficient (Wildman–Crippen LogP) is 2.71. The number of carbonyl (C=O) groups excluding carboxylic acids is 1. The van der Waals surface area contributed by atoms with Crippen molar-refractivity contribution in [3.8, 4) is 5.75 Å². The van der Waals surface area contributed by atoms with Crippen molar-refractivity contribution >= 4 is 21.8 Å². The summed E-state index contributed by atoms with van der Waals surface area (Å²) in [7, 11) is 0. The molecule has 0 unspecified atom stereocenters. The summed E-state index contributed by atoms with van der Waals surface area (Å²) in [6.07, 6.45) is 0. The van der Waals surface area contributed by atoms with Crippen molar-refractivity contribution in [2.45, 2.75) is 27.3 Å². The van der Waals surface area contributed by atoms with Crippen molar-refractivity contribution in [2.24, 2.45) is 5.92 Å². The second kappa shape index (κ2) is 8.97. The van der Waals surface area contributed by atoms with Gasteiger partial charge in [-0.2, -0.15) is 0 Å². The Morgan fingerprint density at radius 2 is 2.15 bits per heavy atom. The van der Waals surface area contributed by atoms with Gasteiger partial charge in [0.05, 0.1) is 0 Å². The molecular weight excluding hydrogens is 320 g/mol. The Labute approximate surface area is 129 Å². The molecule has 0 bridgehead atoms. The monoisotopic (exact) mass is 342 g/mol. The third-order valence-corrected chi connectivity index (χ3v) is 3.40. The van der Waals surface area contributed by atoms with E-state index in [2.05, 4.69) is 40.4 Å². The van der Waals surface area contributed by atoms with Crippen molar-refractivity contribution < 1.29 is 9.53 Å². The molecule has 0 aromatic heterocycles. The van der Waals surface area contributed by atoms with Gasteiger partial charge in [-0.25, -0.2) is 0 Å². The topological polar surface area (TPSA) is 50.4 Å². The summed E-state index contributed by atoms with van der Waals surface area (Å²) in [6, 6.07) is 5.76. The summed E-state index contributed by atoms with van der Waals surface area (Å²) >= 11 is 3.53. The number of ether oxygens (including phenoxy) is 1. The SMILES string of the molecule is CCNC(=O)COc1ccc(Br)c(CNCC(C)C)c1. The first-order chi connectivity index (χ1) is 9.52. The summed E-state index contributed by atoms with van der Waals surface area (Å²) in [5, 5.41) is 6.09. The molecule has 0 heterocycles. The van der Waals surface area contributed by atoms with Crippen LogP contribution in [0.4, 0.5) is 0 Å². The third-order valence-electron chi connectivity index (χ3n) is 2.63. The summed E-state index contributed by atoms with van der Waals surface area (Å²) in [6.45, 7) is 8.65. The number of likely N-dealkylation sites (N-methyl/N-ethyl adjacent to an activating group) is 1. The molecule has 1 rings (SSSR count). The lowest BCUT2D eigenvalue weighted by atomic mass is 10.2. The Balaban J connectivity index is 2.54. The molecule has 0 aliphatic carbocycles. The fourth-order valence-electron chi connectivity index (χ4n) is 1.67. The molecule has 2 N–H and O–H groups in total. The Morgan fingerprint density at radius 1 is 1.40 bits per heavy atom. The number of carbonyl (C=O) groups is 1. The van der Waals surface area contributed by atoms with Gasteiger partial charge in [-0.3, -0.25) is 4.79 Å². The highest BCUT2D eigenvalue weighted by Gasteiger charge is 2.05. The minimum Gasteiger partial charge on any atom is -0.484 e. The van der Waals surface area contributed by atoms with E-state index in [1.807, 2.05) is 25.1 Å². The maximum Gasteiger partial charge on any atom is 0.257 e. The lowest BCUT2D eigenvalue weighted by Crippen LogP contribution is -2.28. The van der Waals surface area contributed by atoms with Crippen LogP contribution in [-0.4, -0.2) is 25.6 Å². The second-order valence-corrected chi connectivity index (χ2v) is 5.87. The van der Waals surface area contributed by atoms with Crippen molar-refractivity contribution in [1.29, 1.82) is 0 Å². The number of amides is 1. The first-order valence-corrected chi connectivity index (χ1v) is 7.70. The van der Waals surface area contributed by atoms with Crippen molar-refractivity contribution in [3.05, 3.63) is 28.2 Å². The maximum absolute atomic E-state index is 11.4. The number of nitrogens with one attached hydrogen (secondary N) is 2. The molecule has 112 valence electrons. The van der Waals surface area contributed by atoms with Crippen LogP contribution >= 0.6 is 15.9 Å². The van der Waals surface area contributed by atoms with Gasteiger partial charge in [-0.15, -0.1) is 0 Å². The number of rotatable bonds is 8. The second-order valence-electron chi connectivity index (χ2n) is 5.02. The highest BCUT2D eigenvalue weighted by Crippen LogP contribution is 2.22. The average Bonchev–Trinajstić information content (AvgIpc) is 2.39. The molecule has 1 aromatic rings. The van der Waals surface area contributed by atoms with Crippen LogP contribution in [0.5, 0.6) is 5.75 Å². The van der Waals surface area contributed by atoms with Crippen LogP contribution in [-0.2, 0) is 11.3 Å². The summed E-state index contributed by atoms with van der Waals surface area (Å²) in [5.41, 5.74) is 1.12. The van der Waals surface area contributed by atoms with E-state index in [9.17, 15) is 4.79 Å². The molecule has 1 amide bonds. The Bertz CT molecular complexity index is 436. The third kappa shape index (κ3) is 6.39. The molecule has 0 atom stereocenters. The number of benzene rings is 1. The molecule has 0 aliphatic rings. The van der Waals surface area contributed by atoms with E-state index in [-0.39, 0.29) is 12.5 Å². The lowest BCUT2D eigenvalue weighted by Gasteiger charge is -2.11. The Hall–Kier alpha value is -1.07. The maximum atomic E-state index is 11.4. The van der Waals surface area contributed by atoms with Gasteiger partial charge in [0.2, 0.25) is 0 Å². The molecular formula is C15H23BrN2O2. The van der Waals surface area contributed by atoms with E-state index in [1.54, 1.807) is 0 Å².